The van der Waals surface area contributed by atoms with Crippen LogP contribution in [0.1, 0.15) is 17.8 Å². The van der Waals surface area contributed by atoms with Crippen LogP contribution in [-0.4, -0.2) is 22.1 Å². The third-order valence-electron chi connectivity index (χ3n) is 3.30. The summed E-state index contributed by atoms with van der Waals surface area (Å²) in [5, 5.41) is 0. The Hall–Kier alpha value is -2.36. The van der Waals surface area contributed by atoms with Crippen LogP contribution in [0.5, 0.6) is 5.88 Å². The number of pyridine rings is 1. The van der Waals surface area contributed by atoms with Gasteiger partial charge in [0.15, 0.2) is 5.65 Å². The number of ether oxygens (including phenoxy) is 1. The highest BCUT2D eigenvalue weighted by Gasteiger charge is 2.05. The van der Waals surface area contributed by atoms with E-state index in [0.717, 1.165) is 36.3 Å². The van der Waals surface area contributed by atoms with Gasteiger partial charge in [0.25, 0.3) is 0 Å². The minimum absolute atomic E-state index is 0.597. The van der Waals surface area contributed by atoms with Crippen molar-refractivity contribution in [3.63, 3.8) is 0 Å². The lowest BCUT2D eigenvalue weighted by atomic mass is 10.1. The van der Waals surface area contributed by atoms with Gasteiger partial charge in [-0.15, -0.1) is 0 Å². The van der Waals surface area contributed by atoms with Crippen molar-refractivity contribution in [1.82, 2.24) is 15.0 Å². The number of hydrogen-bond acceptors (Lipinski definition) is 3. The van der Waals surface area contributed by atoms with E-state index in [4.69, 9.17) is 4.74 Å². The summed E-state index contributed by atoms with van der Waals surface area (Å²) in [4.78, 5) is 12.1. The first-order valence-electron chi connectivity index (χ1n) is 6.79. The van der Waals surface area contributed by atoms with Crippen LogP contribution in [0.4, 0.5) is 0 Å². The molecule has 0 amide bonds. The number of imidazole rings is 1. The standard InChI is InChI=1S/C16H17N3O/c1-20-15-11-10-13-16(19-15)18-14(17-13)9-5-8-12-6-3-2-4-7-12/h2-4,6-7,10-11H,5,8-9H2,1H3,(H,17,18,19). The smallest absolute Gasteiger partial charge is 0.215 e. The van der Waals surface area contributed by atoms with Gasteiger partial charge in [-0.25, -0.2) is 4.98 Å². The third kappa shape index (κ3) is 2.79. The first-order chi connectivity index (χ1) is 9.85. The number of hydrogen-bond donors (Lipinski definition) is 1. The topological polar surface area (TPSA) is 50.8 Å². The van der Waals surface area contributed by atoms with Crippen LogP contribution < -0.4 is 4.74 Å². The zero-order chi connectivity index (χ0) is 13.8. The summed E-state index contributed by atoms with van der Waals surface area (Å²) in [5.41, 5.74) is 3.04. The zero-order valence-electron chi connectivity index (χ0n) is 11.5. The van der Waals surface area contributed by atoms with E-state index in [2.05, 4.69) is 39.2 Å². The Bertz CT molecular complexity index is 691. The largest absolute Gasteiger partial charge is 0.481 e. The Balaban J connectivity index is 1.66. The Morgan fingerprint density at radius 1 is 1.00 bits per heavy atom. The molecule has 0 spiro atoms. The number of aromatic nitrogens is 3. The van der Waals surface area contributed by atoms with Crippen molar-refractivity contribution in [1.29, 1.82) is 0 Å². The molecule has 20 heavy (non-hydrogen) atoms. The lowest BCUT2D eigenvalue weighted by Gasteiger charge is -1.99. The van der Waals surface area contributed by atoms with Gasteiger partial charge >= 0.3 is 0 Å². The molecule has 4 nitrogen and oxygen atoms in total. The molecule has 3 aromatic rings. The van der Waals surface area contributed by atoms with Crippen LogP contribution in [0.2, 0.25) is 0 Å². The summed E-state index contributed by atoms with van der Waals surface area (Å²) < 4.78 is 5.11. The molecule has 0 unspecified atom stereocenters. The fourth-order valence-electron chi connectivity index (χ4n) is 2.26. The van der Waals surface area contributed by atoms with Crippen molar-refractivity contribution >= 4 is 11.2 Å². The lowest BCUT2D eigenvalue weighted by Crippen LogP contribution is -1.91. The number of aryl methyl sites for hydroxylation is 2. The summed E-state index contributed by atoms with van der Waals surface area (Å²) in [6.45, 7) is 0. The van der Waals surface area contributed by atoms with Crippen LogP contribution in [-0.2, 0) is 12.8 Å². The van der Waals surface area contributed by atoms with Crippen LogP contribution in [0.3, 0.4) is 0 Å². The Morgan fingerprint density at radius 3 is 2.65 bits per heavy atom. The fraction of sp³-hybridized carbons (Fsp3) is 0.250. The van der Waals surface area contributed by atoms with Gasteiger partial charge in [-0.1, -0.05) is 30.3 Å². The molecule has 0 bridgehead atoms. The van der Waals surface area contributed by atoms with E-state index in [0.29, 0.717) is 5.88 Å². The molecule has 0 radical (unpaired) electrons. The highest BCUT2D eigenvalue weighted by molar-refractivity contribution is 5.71. The molecule has 3 rings (SSSR count). The van der Waals surface area contributed by atoms with Crippen molar-refractivity contribution in [2.75, 3.05) is 7.11 Å². The molecule has 2 heterocycles. The van der Waals surface area contributed by atoms with E-state index in [1.54, 1.807) is 7.11 Å². The molecule has 0 aliphatic heterocycles. The Kier molecular flexibility index (Phi) is 3.63. The van der Waals surface area contributed by atoms with Crippen LogP contribution in [0.25, 0.3) is 11.2 Å². The number of nitrogens with one attached hydrogen (secondary N) is 1. The predicted octanol–water partition coefficient (Wildman–Crippen LogP) is 3.14. The van der Waals surface area contributed by atoms with Crippen LogP contribution in [0.15, 0.2) is 42.5 Å². The summed E-state index contributed by atoms with van der Waals surface area (Å²) in [7, 11) is 1.61. The maximum absolute atomic E-state index is 5.11. The van der Waals surface area contributed by atoms with Crippen molar-refractivity contribution in [3.05, 3.63) is 53.9 Å². The van der Waals surface area contributed by atoms with Crippen molar-refractivity contribution in [3.8, 4) is 5.88 Å². The summed E-state index contributed by atoms with van der Waals surface area (Å²) in [6.07, 6.45) is 3.06. The van der Waals surface area contributed by atoms with Crippen LogP contribution in [0, 0.1) is 0 Å². The van der Waals surface area contributed by atoms with Gasteiger partial charge in [0, 0.05) is 12.5 Å². The summed E-state index contributed by atoms with van der Waals surface area (Å²) >= 11 is 0. The minimum Gasteiger partial charge on any atom is -0.481 e. The highest BCUT2D eigenvalue weighted by Crippen LogP contribution is 2.15. The summed E-state index contributed by atoms with van der Waals surface area (Å²) in [5.74, 6) is 1.58. The molecular weight excluding hydrogens is 250 g/mol. The highest BCUT2D eigenvalue weighted by atomic mass is 16.5. The Morgan fingerprint density at radius 2 is 1.85 bits per heavy atom. The van der Waals surface area contributed by atoms with E-state index in [9.17, 15) is 0 Å². The lowest BCUT2D eigenvalue weighted by molar-refractivity contribution is 0.399. The van der Waals surface area contributed by atoms with E-state index in [1.165, 1.54) is 5.56 Å². The molecule has 0 aliphatic carbocycles. The number of methoxy groups -OCH3 is 1. The molecular formula is C16H17N3O. The second kappa shape index (κ2) is 5.74. The van der Waals surface area contributed by atoms with E-state index in [-0.39, 0.29) is 0 Å². The van der Waals surface area contributed by atoms with Gasteiger partial charge in [0.05, 0.1) is 12.6 Å². The monoisotopic (exact) mass is 267 g/mol. The maximum Gasteiger partial charge on any atom is 0.215 e. The number of aromatic amines is 1. The number of benzene rings is 1. The van der Waals surface area contributed by atoms with E-state index < -0.39 is 0 Å². The zero-order valence-corrected chi connectivity index (χ0v) is 11.5. The number of nitrogens with zero attached hydrogens (tertiary/aromatic N) is 2. The first kappa shape index (κ1) is 12.7. The molecule has 0 fully saturated rings. The van der Waals surface area contributed by atoms with Crippen molar-refractivity contribution in [2.24, 2.45) is 0 Å². The second-order valence-corrected chi connectivity index (χ2v) is 4.75. The normalized spacial score (nSPS) is 10.8. The van der Waals surface area contributed by atoms with Gasteiger partial charge in [0.1, 0.15) is 5.82 Å². The molecule has 1 aromatic carbocycles. The molecule has 0 saturated carbocycles. The van der Waals surface area contributed by atoms with Gasteiger partial charge in [-0.05, 0) is 24.5 Å². The molecule has 2 aromatic heterocycles. The average Bonchev–Trinajstić information content (AvgIpc) is 2.90. The van der Waals surface area contributed by atoms with E-state index in [1.807, 2.05) is 18.2 Å². The van der Waals surface area contributed by atoms with Gasteiger partial charge in [-0.3, -0.25) is 0 Å². The third-order valence-corrected chi connectivity index (χ3v) is 3.30. The first-order valence-corrected chi connectivity index (χ1v) is 6.79. The van der Waals surface area contributed by atoms with Gasteiger partial charge in [-0.2, -0.15) is 4.98 Å². The molecule has 1 N–H and O–H groups in total. The number of fused-ring (bicyclic) bond motifs is 1. The average molecular weight is 267 g/mol. The maximum atomic E-state index is 5.11. The molecule has 0 aliphatic rings. The molecule has 0 atom stereocenters. The fourth-order valence-corrected chi connectivity index (χ4v) is 2.26. The molecule has 0 saturated heterocycles. The van der Waals surface area contributed by atoms with Crippen molar-refractivity contribution in [2.45, 2.75) is 19.3 Å². The SMILES string of the molecule is COc1ccc2[nH]c(CCCc3ccccc3)nc2n1. The predicted molar refractivity (Wildman–Crippen MR) is 78.9 cm³/mol. The van der Waals surface area contributed by atoms with Gasteiger partial charge < -0.3 is 9.72 Å². The quantitative estimate of drug-likeness (QED) is 0.772. The van der Waals surface area contributed by atoms with E-state index >= 15 is 0 Å². The molecule has 4 heteroatoms. The minimum atomic E-state index is 0.597. The number of rotatable bonds is 5. The second-order valence-electron chi connectivity index (χ2n) is 4.75. The van der Waals surface area contributed by atoms with Crippen molar-refractivity contribution < 1.29 is 4.74 Å². The Labute approximate surface area is 117 Å². The van der Waals surface area contributed by atoms with Crippen LogP contribution >= 0.6 is 0 Å². The number of H-pyrrole nitrogens is 1. The molecule has 102 valence electrons. The van der Waals surface area contributed by atoms with Gasteiger partial charge in [0.2, 0.25) is 5.88 Å². The summed E-state index contributed by atoms with van der Waals surface area (Å²) in [6, 6.07) is 14.3.